The molecule has 3 rings (SSSR count). The average Bonchev–Trinajstić information content (AvgIpc) is 2.93. The number of amides is 1. The van der Waals surface area contributed by atoms with Gasteiger partial charge < -0.3 is 9.88 Å². The van der Waals surface area contributed by atoms with Crippen LogP contribution in [0.1, 0.15) is 37.0 Å². The molecule has 22 heavy (non-hydrogen) atoms. The van der Waals surface area contributed by atoms with E-state index in [-0.39, 0.29) is 17.6 Å². The van der Waals surface area contributed by atoms with Gasteiger partial charge in [-0.3, -0.25) is 9.36 Å². The quantitative estimate of drug-likeness (QED) is 0.926. The van der Waals surface area contributed by atoms with E-state index in [1.807, 2.05) is 4.90 Å². The van der Waals surface area contributed by atoms with E-state index in [0.717, 1.165) is 25.1 Å². The third-order valence-corrected chi connectivity index (χ3v) is 4.44. The van der Waals surface area contributed by atoms with Crippen molar-refractivity contribution in [2.24, 2.45) is 5.92 Å². The Hall–Kier alpha value is -2.30. The molecule has 1 fully saturated rings. The van der Waals surface area contributed by atoms with Gasteiger partial charge in [0, 0.05) is 30.5 Å². The van der Waals surface area contributed by atoms with Crippen molar-refractivity contribution in [1.29, 1.82) is 0 Å². The Kier molecular flexibility index (Phi) is 3.88. The van der Waals surface area contributed by atoms with Crippen molar-refractivity contribution < 1.29 is 4.79 Å². The van der Waals surface area contributed by atoms with Crippen LogP contribution in [0.5, 0.6) is 0 Å². The van der Waals surface area contributed by atoms with Crippen LogP contribution in [0.3, 0.4) is 0 Å². The van der Waals surface area contributed by atoms with E-state index in [0.29, 0.717) is 11.5 Å². The third kappa shape index (κ3) is 2.71. The molecule has 0 aliphatic carbocycles. The van der Waals surface area contributed by atoms with Crippen LogP contribution in [0.2, 0.25) is 0 Å². The molecular formula is C17H21N3O2. The first-order valence-corrected chi connectivity index (χ1v) is 7.73. The molecule has 5 heteroatoms. The number of H-pyrrole nitrogens is 1. The fourth-order valence-corrected chi connectivity index (χ4v) is 3.16. The second-order valence-electron chi connectivity index (χ2n) is 6.16. The number of nitrogens with zero attached hydrogens (tertiary/aromatic N) is 2. The van der Waals surface area contributed by atoms with Crippen molar-refractivity contribution in [3.63, 3.8) is 0 Å². The summed E-state index contributed by atoms with van der Waals surface area (Å²) in [5.74, 6) is 0.759. The Balaban J connectivity index is 1.79. The number of rotatable bonds is 2. The van der Waals surface area contributed by atoms with Crippen LogP contribution >= 0.6 is 0 Å². The van der Waals surface area contributed by atoms with Gasteiger partial charge in [-0.15, -0.1) is 0 Å². The zero-order valence-corrected chi connectivity index (χ0v) is 13.0. The van der Waals surface area contributed by atoms with E-state index < -0.39 is 0 Å². The molecule has 1 aliphatic rings. The Morgan fingerprint density at radius 3 is 2.55 bits per heavy atom. The van der Waals surface area contributed by atoms with Crippen molar-refractivity contribution in [2.45, 2.75) is 32.7 Å². The predicted octanol–water partition coefficient (Wildman–Crippen LogP) is 2.43. The first-order valence-electron chi connectivity index (χ1n) is 7.73. The molecule has 2 atom stereocenters. The van der Waals surface area contributed by atoms with Crippen molar-refractivity contribution in [3.8, 4) is 5.69 Å². The highest BCUT2D eigenvalue weighted by atomic mass is 16.2. The molecule has 5 nitrogen and oxygen atoms in total. The monoisotopic (exact) mass is 299 g/mol. The maximum absolute atomic E-state index is 12.6. The number of aromatic amines is 1. The summed E-state index contributed by atoms with van der Waals surface area (Å²) in [6.07, 6.45) is 5.39. The van der Waals surface area contributed by atoms with Crippen LogP contribution < -0.4 is 5.69 Å². The number of hydrogen-bond acceptors (Lipinski definition) is 2. The summed E-state index contributed by atoms with van der Waals surface area (Å²) in [7, 11) is 0. The summed E-state index contributed by atoms with van der Waals surface area (Å²) >= 11 is 0. The van der Waals surface area contributed by atoms with Crippen molar-refractivity contribution in [3.05, 3.63) is 52.7 Å². The standard InChI is InChI=1S/C17H21N3O2/c1-12-7-9-19(13(2)11-12)16(21)14-3-5-15(6-4-14)20-10-8-18-17(20)22/h3-6,8,10,12-13H,7,9,11H2,1-2H3,(H,18,22)/t12-,13-/m1/s1. The number of nitrogens with one attached hydrogen (secondary N) is 1. The van der Waals surface area contributed by atoms with Gasteiger partial charge in [0.25, 0.3) is 5.91 Å². The highest BCUT2D eigenvalue weighted by Crippen LogP contribution is 2.24. The lowest BCUT2D eigenvalue weighted by atomic mass is 9.93. The Labute approximate surface area is 129 Å². The Bertz CT molecular complexity index is 714. The lowest BCUT2D eigenvalue weighted by Gasteiger charge is -2.36. The number of hydrogen-bond donors (Lipinski definition) is 1. The lowest BCUT2D eigenvalue weighted by Crippen LogP contribution is -2.44. The number of carbonyl (C=O) groups excluding carboxylic acids is 1. The van der Waals surface area contributed by atoms with Crippen LogP contribution in [0, 0.1) is 5.92 Å². The SMILES string of the molecule is C[C@@H]1CCN(C(=O)c2ccc(-n3cc[nH]c3=O)cc2)[C@H](C)C1. The normalized spacial score (nSPS) is 21.8. The zero-order chi connectivity index (χ0) is 15.7. The fourth-order valence-electron chi connectivity index (χ4n) is 3.16. The van der Waals surface area contributed by atoms with E-state index >= 15 is 0 Å². The molecule has 1 saturated heterocycles. The minimum Gasteiger partial charge on any atom is -0.336 e. The zero-order valence-electron chi connectivity index (χ0n) is 13.0. The highest BCUT2D eigenvalue weighted by molar-refractivity contribution is 5.94. The molecular weight excluding hydrogens is 278 g/mol. The number of aromatic nitrogens is 2. The van der Waals surface area contributed by atoms with Gasteiger partial charge in [-0.2, -0.15) is 0 Å². The van der Waals surface area contributed by atoms with Crippen LogP contribution in [-0.4, -0.2) is 32.9 Å². The van der Waals surface area contributed by atoms with Gasteiger partial charge in [-0.1, -0.05) is 6.92 Å². The van der Waals surface area contributed by atoms with E-state index in [1.165, 1.54) is 4.57 Å². The molecule has 2 heterocycles. The molecule has 0 unspecified atom stereocenters. The van der Waals surface area contributed by atoms with Crippen molar-refractivity contribution in [2.75, 3.05) is 6.54 Å². The molecule has 0 bridgehead atoms. The summed E-state index contributed by atoms with van der Waals surface area (Å²) in [5.41, 5.74) is 1.24. The van der Waals surface area contributed by atoms with E-state index in [9.17, 15) is 9.59 Å². The molecule has 1 aromatic carbocycles. The second-order valence-corrected chi connectivity index (χ2v) is 6.16. The fraction of sp³-hybridized carbons (Fsp3) is 0.412. The minimum absolute atomic E-state index is 0.0763. The molecule has 1 aliphatic heterocycles. The summed E-state index contributed by atoms with van der Waals surface area (Å²) in [4.78, 5) is 28.8. The van der Waals surface area contributed by atoms with Crippen LogP contribution in [-0.2, 0) is 0 Å². The third-order valence-electron chi connectivity index (χ3n) is 4.44. The van der Waals surface area contributed by atoms with Crippen LogP contribution in [0.25, 0.3) is 5.69 Å². The molecule has 0 radical (unpaired) electrons. The number of imidazole rings is 1. The van der Waals surface area contributed by atoms with Gasteiger partial charge in [-0.05, 0) is 49.9 Å². The van der Waals surface area contributed by atoms with Crippen LogP contribution in [0.15, 0.2) is 41.5 Å². The maximum Gasteiger partial charge on any atom is 0.330 e. The number of piperidine rings is 1. The van der Waals surface area contributed by atoms with Crippen LogP contribution in [0.4, 0.5) is 0 Å². The van der Waals surface area contributed by atoms with Gasteiger partial charge in [0.05, 0.1) is 5.69 Å². The van der Waals surface area contributed by atoms with E-state index in [1.54, 1.807) is 36.7 Å². The molecule has 1 aromatic heterocycles. The molecule has 1 N–H and O–H groups in total. The maximum atomic E-state index is 12.6. The summed E-state index contributed by atoms with van der Waals surface area (Å²) < 4.78 is 1.51. The summed E-state index contributed by atoms with van der Waals surface area (Å²) in [5, 5.41) is 0. The summed E-state index contributed by atoms with van der Waals surface area (Å²) in [6, 6.07) is 7.48. The largest absolute Gasteiger partial charge is 0.336 e. The first kappa shape index (κ1) is 14.6. The first-order chi connectivity index (χ1) is 10.6. The lowest BCUT2D eigenvalue weighted by molar-refractivity contribution is 0.0588. The topological polar surface area (TPSA) is 58.1 Å². The number of carbonyl (C=O) groups is 1. The van der Waals surface area contributed by atoms with Crippen molar-refractivity contribution in [1.82, 2.24) is 14.5 Å². The van der Waals surface area contributed by atoms with Gasteiger partial charge in [0.1, 0.15) is 0 Å². The smallest absolute Gasteiger partial charge is 0.330 e. The van der Waals surface area contributed by atoms with Gasteiger partial charge in [0.15, 0.2) is 0 Å². The number of benzene rings is 1. The Morgan fingerprint density at radius 2 is 1.95 bits per heavy atom. The molecule has 2 aromatic rings. The number of likely N-dealkylation sites (tertiary alicyclic amines) is 1. The van der Waals surface area contributed by atoms with Gasteiger partial charge >= 0.3 is 5.69 Å². The predicted molar refractivity (Wildman–Crippen MR) is 85.3 cm³/mol. The van der Waals surface area contributed by atoms with Gasteiger partial charge in [-0.25, -0.2) is 4.79 Å². The van der Waals surface area contributed by atoms with E-state index in [2.05, 4.69) is 18.8 Å². The molecule has 1 amide bonds. The molecule has 0 saturated carbocycles. The highest BCUT2D eigenvalue weighted by Gasteiger charge is 2.27. The second kappa shape index (κ2) is 5.83. The van der Waals surface area contributed by atoms with E-state index in [4.69, 9.17) is 0 Å². The molecule has 0 spiro atoms. The summed E-state index contributed by atoms with van der Waals surface area (Å²) in [6.45, 7) is 5.17. The minimum atomic E-state index is -0.183. The average molecular weight is 299 g/mol. The Morgan fingerprint density at radius 1 is 1.23 bits per heavy atom. The van der Waals surface area contributed by atoms with Crippen molar-refractivity contribution >= 4 is 5.91 Å². The van der Waals surface area contributed by atoms with Gasteiger partial charge in [0.2, 0.25) is 0 Å². The molecule has 116 valence electrons.